The highest BCUT2D eigenvalue weighted by Crippen LogP contribution is 2.30. The van der Waals surface area contributed by atoms with E-state index in [1.807, 2.05) is 4.90 Å². The number of nitrogens with one attached hydrogen (secondary N) is 2. The number of likely N-dealkylation sites (tertiary alicyclic amines) is 1. The summed E-state index contributed by atoms with van der Waals surface area (Å²) in [4.78, 5) is 43.9. The summed E-state index contributed by atoms with van der Waals surface area (Å²) in [5, 5.41) is 2.54. The molecular formula is C22H23F2N5O3. The van der Waals surface area contributed by atoms with E-state index in [4.69, 9.17) is 0 Å². The van der Waals surface area contributed by atoms with E-state index >= 15 is 4.39 Å². The number of carbonyl (C=O) groups is 1. The molecule has 2 N–H and O–H groups in total. The second kappa shape index (κ2) is 8.62. The summed E-state index contributed by atoms with van der Waals surface area (Å²) in [5.41, 5.74) is -0.420. The maximum Gasteiger partial charge on any atom is 0.328 e. The van der Waals surface area contributed by atoms with Gasteiger partial charge in [-0.3, -0.25) is 19.1 Å². The van der Waals surface area contributed by atoms with Crippen molar-refractivity contribution in [2.45, 2.75) is 25.3 Å². The summed E-state index contributed by atoms with van der Waals surface area (Å²) >= 11 is 0. The van der Waals surface area contributed by atoms with Gasteiger partial charge in [-0.2, -0.15) is 4.39 Å². The molecule has 168 valence electrons. The fraction of sp³-hybridized carbons (Fsp3) is 0.364. The van der Waals surface area contributed by atoms with E-state index in [0.717, 1.165) is 4.57 Å². The average Bonchev–Trinajstić information content (AvgIpc) is 2.80. The summed E-state index contributed by atoms with van der Waals surface area (Å²) in [6.45, 7) is 1.54. The molecule has 0 radical (unpaired) electrons. The number of rotatable bonds is 4. The summed E-state index contributed by atoms with van der Waals surface area (Å²) < 4.78 is 30.4. The Hall–Kier alpha value is -3.40. The number of pyridine rings is 1. The van der Waals surface area contributed by atoms with E-state index in [9.17, 15) is 18.8 Å². The fourth-order valence-electron chi connectivity index (χ4n) is 4.15. The third-order valence-electron chi connectivity index (χ3n) is 6.05. The zero-order valence-corrected chi connectivity index (χ0v) is 17.7. The van der Waals surface area contributed by atoms with Crippen LogP contribution in [0.3, 0.4) is 0 Å². The lowest BCUT2D eigenvalue weighted by atomic mass is 9.90. The molecule has 1 fully saturated rings. The van der Waals surface area contributed by atoms with Gasteiger partial charge >= 0.3 is 5.69 Å². The first-order chi connectivity index (χ1) is 15.3. The van der Waals surface area contributed by atoms with E-state index in [2.05, 4.69) is 15.3 Å². The number of fused-ring (bicyclic) bond motifs is 1. The largest absolute Gasteiger partial charge is 0.354 e. The summed E-state index contributed by atoms with van der Waals surface area (Å²) in [5.74, 6) is -1.74. The lowest BCUT2D eigenvalue weighted by Gasteiger charge is -2.32. The van der Waals surface area contributed by atoms with Crippen molar-refractivity contribution in [3.8, 4) is 0 Å². The molecule has 10 heteroatoms. The molecule has 1 saturated heterocycles. The third kappa shape index (κ3) is 3.93. The van der Waals surface area contributed by atoms with Gasteiger partial charge in [0.2, 0.25) is 5.95 Å². The Labute approximate surface area is 181 Å². The topological polar surface area (TPSA) is 100 Å². The molecule has 1 aliphatic heterocycles. The first-order valence-corrected chi connectivity index (χ1v) is 10.3. The quantitative estimate of drug-likeness (QED) is 0.598. The second-order valence-electron chi connectivity index (χ2n) is 7.96. The SMILES string of the molecule is CNC(=O)c1ccc(C2CCN(Cc3ccc4c(=O)n(C)c(=O)[nH]c4c3F)CC2)c(F)n1. The molecule has 2 aromatic heterocycles. The Morgan fingerprint density at radius 2 is 1.91 bits per heavy atom. The number of aromatic nitrogens is 3. The number of carbonyl (C=O) groups excluding carboxylic acids is 1. The van der Waals surface area contributed by atoms with Crippen molar-refractivity contribution in [1.82, 2.24) is 24.8 Å². The van der Waals surface area contributed by atoms with Gasteiger partial charge in [-0.25, -0.2) is 14.2 Å². The number of halogens is 2. The van der Waals surface area contributed by atoms with E-state index in [-0.39, 0.29) is 22.5 Å². The third-order valence-corrected chi connectivity index (χ3v) is 6.05. The molecule has 8 nitrogen and oxygen atoms in total. The lowest BCUT2D eigenvalue weighted by molar-refractivity contribution is 0.0957. The van der Waals surface area contributed by atoms with Crippen LogP contribution in [0, 0.1) is 11.8 Å². The van der Waals surface area contributed by atoms with Crippen LogP contribution < -0.4 is 16.6 Å². The molecule has 1 aromatic carbocycles. The first-order valence-electron chi connectivity index (χ1n) is 10.3. The average molecular weight is 443 g/mol. The Morgan fingerprint density at radius 1 is 1.19 bits per heavy atom. The van der Waals surface area contributed by atoms with E-state index in [1.54, 1.807) is 12.1 Å². The predicted octanol–water partition coefficient (Wildman–Crippen LogP) is 1.64. The molecule has 0 atom stereocenters. The number of benzene rings is 1. The Morgan fingerprint density at radius 3 is 2.56 bits per heavy atom. The van der Waals surface area contributed by atoms with Crippen LogP contribution in [0.4, 0.5) is 8.78 Å². The smallest absolute Gasteiger partial charge is 0.328 e. The van der Waals surface area contributed by atoms with Gasteiger partial charge in [0, 0.05) is 31.8 Å². The lowest BCUT2D eigenvalue weighted by Crippen LogP contribution is -2.34. The van der Waals surface area contributed by atoms with E-state index in [0.29, 0.717) is 43.6 Å². The minimum atomic E-state index is -0.669. The Balaban J connectivity index is 1.48. The summed E-state index contributed by atoms with van der Waals surface area (Å²) in [6, 6.07) is 6.20. The van der Waals surface area contributed by atoms with Gasteiger partial charge < -0.3 is 10.3 Å². The van der Waals surface area contributed by atoms with Crippen LogP contribution in [0.25, 0.3) is 10.9 Å². The van der Waals surface area contributed by atoms with Crippen molar-refractivity contribution in [2.75, 3.05) is 20.1 Å². The molecular weight excluding hydrogens is 420 g/mol. The Kier molecular flexibility index (Phi) is 5.88. The van der Waals surface area contributed by atoms with Crippen LogP contribution >= 0.6 is 0 Å². The first kappa shape index (κ1) is 21.8. The van der Waals surface area contributed by atoms with Crippen molar-refractivity contribution < 1.29 is 13.6 Å². The van der Waals surface area contributed by atoms with Crippen LogP contribution in [0.2, 0.25) is 0 Å². The molecule has 3 aromatic rings. The van der Waals surface area contributed by atoms with Crippen LogP contribution in [-0.4, -0.2) is 45.5 Å². The zero-order chi connectivity index (χ0) is 23.0. The van der Waals surface area contributed by atoms with Gasteiger partial charge in [-0.1, -0.05) is 12.1 Å². The summed E-state index contributed by atoms with van der Waals surface area (Å²) in [6.07, 6.45) is 1.31. The van der Waals surface area contributed by atoms with Gasteiger partial charge in [-0.05, 0) is 44.0 Å². The molecule has 4 rings (SSSR count). The predicted molar refractivity (Wildman–Crippen MR) is 115 cm³/mol. The molecule has 3 heterocycles. The van der Waals surface area contributed by atoms with E-state index < -0.39 is 28.9 Å². The molecule has 0 spiro atoms. The molecule has 0 bridgehead atoms. The van der Waals surface area contributed by atoms with Crippen molar-refractivity contribution in [3.63, 3.8) is 0 Å². The highest BCUT2D eigenvalue weighted by molar-refractivity contribution is 5.91. The minimum absolute atomic E-state index is 0.0332. The highest BCUT2D eigenvalue weighted by Gasteiger charge is 2.25. The summed E-state index contributed by atoms with van der Waals surface area (Å²) in [7, 11) is 2.79. The van der Waals surface area contributed by atoms with Gasteiger partial charge in [0.1, 0.15) is 5.69 Å². The maximum absolute atomic E-state index is 15.0. The number of H-pyrrole nitrogens is 1. The van der Waals surface area contributed by atoms with Gasteiger partial charge in [0.15, 0.2) is 5.82 Å². The molecule has 0 unspecified atom stereocenters. The molecule has 1 aliphatic rings. The van der Waals surface area contributed by atoms with Crippen molar-refractivity contribution >= 4 is 16.8 Å². The Bertz CT molecular complexity index is 1310. The van der Waals surface area contributed by atoms with Crippen LogP contribution in [-0.2, 0) is 13.6 Å². The van der Waals surface area contributed by atoms with Gasteiger partial charge in [-0.15, -0.1) is 0 Å². The highest BCUT2D eigenvalue weighted by atomic mass is 19.1. The van der Waals surface area contributed by atoms with Gasteiger partial charge in [0.05, 0.1) is 10.9 Å². The fourth-order valence-corrected chi connectivity index (χ4v) is 4.15. The van der Waals surface area contributed by atoms with Crippen molar-refractivity contribution in [3.05, 3.63) is 73.7 Å². The number of hydrogen-bond donors (Lipinski definition) is 2. The van der Waals surface area contributed by atoms with Crippen molar-refractivity contribution in [2.24, 2.45) is 7.05 Å². The van der Waals surface area contributed by atoms with Crippen LogP contribution in [0.5, 0.6) is 0 Å². The number of amides is 1. The molecule has 0 saturated carbocycles. The standard InChI is InChI=1S/C22H23F2N5O3/c1-25-20(30)16-6-5-14(19(24)26-16)12-7-9-29(10-8-12)11-13-3-4-15-18(17(13)23)27-22(32)28(2)21(15)31/h3-6,12H,7-11H2,1-2H3,(H,25,30)(H,27,32). The van der Waals surface area contributed by atoms with Gasteiger partial charge in [0.25, 0.3) is 11.5 Å². The molecule has 32 heavy (non-hydrogen) atoms. The second-order valence-corrected chi connectivity index (χ2v) is 7.96. The number of hydrogen-bond acceptors (Lipinski definition) is 5. The molecule has 1 amide bonds. The minimum Gasteiger partial charge on any atom is -0.354 e. The van der Waals surface area contributed by atoms with Crippen LogP contribution in [0.1, 0.15) is 40.4 Å². The number of aromatic amines is 1. The molecule has 0 aliphatic carbocycles. The van der Waals surface area contributed by atoms with Crippen molar-refractivity contribution in [1.29, 1.82) is 0 Å². The monoisotopic (exact) mass is 443 g/mol. The zero-order valence-electron chi connectivity index (χ0n) is 17.7. The normalized spacial score (nSPS) is 15.2. The number of nitrogens with zero attached hydrogens (tertiary/aromatic N) is 3. The van der Waals surface area contributed by atoms with E-state index in [1.165, 1.54) is 26.2 Å². The number of piperidine rings is 1. The maximum atomic E-state index is 15.0. The van der Waals surface area contributed by atoms with Crippen LogP contribution in [0.15, 0.2) is 33.9 Å².